The number of aliphatic hydroxyl groups excluding tert-OH is 1. The summed E-state index contributed by atoms with van der Waals surface area (Å²) in [5, 5.41) is 13.1. The summed E-state index contributed by atoms with van der Waals surface area (Å²) in [5.74, 6) is 1.31. The highest BCUT2D eigenvalue weighted by Crippen LogP contribution is 2.33. The molecule has 0 radical (unpaired) electrons. The summed E-state index contributed by atoms with van der Waals surface area (Å²) in [6.07, 6.45) is 1.05. The number of carbonyl (C=O) groups excluding carboxylic acids is 1. The summed E-state index contributed by atoms with van der Waals surface area (Å²) in [6, 6.07) is 4.67. The minimum atomic E-state index is -0.526. The fraction of sp³-hybridized carbons (Fsp3) is 0.500. The molecule has 0 aliphatic carbocycles. The molecule has 3 nitrogen and oxygen atoms in total. The zero-order valence-electron chi connectivity index (χ0n) is 11.1. The van der Waals surface area contributed by atoms with E-state index in [0.29, 0.717) is 21.5 Å². The van der Waals surface area contributed by atoms with Crippen molar-refractivity contribution in [1.82, 2.24) is 5.32 Å². The van der Waals surface area contributed by atoms with Gasteiger partial charge in [-0.05, 0) is 29.7 Å². The molecule has 2 rings (SSSR count). The van der Waals surface area contributed by atoms with Gasteiger partial charge in [0, 0.05) is 0 Å². The van der Waals surface area contributed by atoms with Crippen LogP contribution in [-0.2, 0) is 4.79 Å². The Morgan fingerprint density at radius 2 is 2.30 bits per heavy atom. The van der Waals surface area contributed by atoms with Crippen LogP contribution in [0.5, 0.6) is 0 Å². The third-order valence-electron chi connectivity index (χ3n) is 3.50. The van der Waals surface area contributed by atoms with Crippen LogP contribution in [0, 0.1) is 5.92 Å². The van der Waals surface area contributed by atoms with Crippen molar-refractivity contribution in [3.8, 4) is 0 Å². The second-order valence-corrected chi connectivity index (χ2v) is 6.98. The molecular weight excluding hydrogens is 317 g/mol. The lowest BCUT2D eigenvalue weighted by Crippen LogP contribution is -2.38. The zero-order chi connectivity index (χ0) is 14.7. The summed E-state index contributed by atoms with van der Waals surface area (Å²) >= 11 is 13.8. The van der Waals surface area contributed by atoms with Crippen molar-refractivity contribution in [2.45, 2.75) is 24.6 Å². The number of hydrogen-bond donors (Lipinski definition) is 2. The van der Waals surface area contributed by atoms with Gasteiger partial charge in [0.2, 0.25) is 5.91 Å². The molecule has 3 atom stereocenters. The number of benzene rings is 1. The van der Waals surface area contributed by atoms with Crippen molar-refractivity contribution in [1.29, 1.82) is 0 Å². The lowest BCUT2D eigenvalue weighted by molar-refractivity contribution is -0.122. The maximum Gasteiger partial charge on any atom is 0.233 e. The predicted octanol–water partition coefficient (Wildman–Crippen LogP) is 3.28. The Morgan fingerprint density at radius 3 is 2.90 bits per heavy atom. The van der Waals surface area contributed by atoms with Crippen molar-refractivity contribution >= 4 is 40.9 Å². The van der Waals surface area contributed by atoms with Gasteiger partial charge in [-0.15, -0.1) is 11.8 Å². The molecule has 0 aromatic heterocycles. The van der Waals surface area contributed by atoms with Crippen molar-refractivity contribution in [2.75, 3.05) is 12.4 Å². The van der Waals surface area contributed by atoms with Crippen LogP contribution in [0.15, 0.2) is 18.2 Å². The molecule has 1 aromatic rings. The highest BCUT2D eigenvalue weighted by Gasteiger charge is 2.32. The van der Waals surface area contributed by atoms with E-state index in [0.717, 1.165) is 12.2 Å². The van der Waals surface area contributed by atoms with E-state index in [2.05, 4.69) is 12.2 Å². The van der Waals surface area contributed by atoms with E-state index in [4.69, 9.17) is 23.2 Å². The third-order valence-corrected chi connectivity index (χ3v) is 5.84. The van der Waals surface area contributed by atoms with E-state index in [1.807, 2.05) is 0 Å². The highest BCUT2D eigenvalue weighted by atomic mass is 35.5. The maximum atomic E-state index is 12.3. The smallest absolute Gasteiger partial charge is 0.233 e. The quantitative estimate of drug-likeness (QED) is 0.888. The molecule has 0 spiro atoms. The number of aliphatic hydroxyl groups is 1. The second-order valence-electron chi connectivity index (χ2n) is 4.94. The van der Waals surface area contributed by atoms with Crippen LogP contribution in [0.3, 0.4) is 0 Å². The molecule has 0 saturated carbocycles. The van der Waals surface area contributed by atoms with Crippen LogP contribution in [0.4, 0.5) is 0 Å². The Hall–Kier alpha value is -0.420. The fourth-order valence-corrected chi connectivity index (χ4v) is 4.18. The first-order valence-corrected chi connectivity index (χ1v) is 8.31. The van der Waals surface area contributed by atoms with Crippen LogP contribution < -0.4 is 5.32 Å². The molecule has 1 fully saturated rings. The van der Waals surface area contributed by atoms with Crippen molar-refractivity contribution in [3.63, 3.8) is 0 Å². The van der Waals surface area contributed by atoms with E-state index in [1.54, 1.807) is 30.0 Å². The summed E-state index contributed by atoms with van der Waals surface area (Å²) in [5.41, 5.74) is 0.644. The van der Waals surface area contributed by atoms with Gasteiger partial charge in [0.1, 0.15) is 0 Å². The normalized spacial score (nSPS) is 23.6. The first-order valence-electron chi connectivity index (χ1n) is 6.51. The fourth-order valence-electron chi connectivity index (χ4n) is 2.30. The minimum Gasteiger partial charge on any atom is -0.394 e. The molecule has 1 amide bonds. The van der Waals surface area contributed by atoms with Gasteiger partial charge in [-0.3, -0.25) is 4.79 Å². The Labute approximate surface area is 133 Å². The highest BCUT2D eigenvalue weighted by molar-refractivity contribution is 8.00. The van der Waals surface area contributed by atoms with Gasteiger partial charge in [0.05, 0.1) is 27.9 Å². The summed E-state index contributed by atoms with van der Waals surface area (Å²) < 4.78 is 0. The van der Waals surface area contributed by atoms with Gasteiger partial charge >= 0.3 is 0 Å². The number of thioether (sulfide) groups is 1. The topological polar surface area (TPSA) is 49.3 Å². The van der Waals surface area contributed by atoms with Gasteiger partial charge in [-0.2, -0.15) is 0 Å². The van der Waals surface area contributed by atoms with Gasteiger partial charge in [-0.1, -0.05) is 42.3 Å². The molecule has 6 heteroatoms. The first kappa shape index (κ1) is 16.0. The maximum absolute atomic E-state index is 12.3. The third kappa shape index (κ3) is 3.42. The number of rotatable bonds is 4. The van der Waals surface area contributed by atoms with Crippen LogP contribution >= 0.6 is 35.0 Å². The molecule has 1 saturated heterocycles. The van der Waals surface area contributed by atoms with Crippen molar-refractivity contribution < 1.29 is 9.90 Å². The van der Waals surface area contributed by atoms with E-state index in [1.165, 1.54) is 0 Å². The number of carbonyl (C=O) groups is 1. The molecule has 110 valence electrons. The number of halogens is 2. The molecule has 20 heavy (non-hydrogen) atoms. The lowest BCUT2D eigenvalue weighted by Gasteiger charge is -2.22. The monoisotopic (exact) mass is 333 g/mol. The largest absolute Gasteiger partial charge is 0.394 e. The molecule has 3 unspecified atom stereocenters. The number of hydrogen-bond acceptors (Lipinski definition) is 3. The van der Waals surface area contributed by atoms with E-state index in [-0.39, 0.29) is 17.8 Å². The Bertz CT molecular complexity index is 498. The average molecular weight is 334 g/mol. The first-order chi connectivity index (χ1) is 9.54. The molecule has 1 aliphatic rings. The molecular formula is C14H17Cl2NO2S. The van der Waals surface area contributed by atoms with Crippen LogP contribution in [0.25, 0.3) is 0 Å². The second kappa shape index (κ2) is 7.03. The summed E-state index contributed by atoms with van der Waals surface area (Å²) in [6.45, 7) is 1.86. The summed E-state index contributed by atoms with van der Waals surface area (Å²) in [4.78, 5) is 12.3. The van der Waals surface area contributed by atoms with Crippen molar-refractivity contribution in [3.05, 3.63) is 33.8 Å². The van der Waals surface area contributed by atoms with Gasteiger partial charge in [-0.25, -0.2) is 0 Å². The standard InChI is InChI=1S/C14H17Cl2NO2S/c1-8-5-6-20-13(8)14(19)17-11(7-18)9-3-2-4-10(15)12(9)16/h2-4,8,11,13,18H,5-7H2,1H3,(H,17,19). The minimum absolute atomic E-state index is 0.0462. The van der Waals surface area contributed by atoms with Crippen molar-refractivity contribution in [2.24, 2.45) is 5.92 Å². The van der Waals surface area contributed by atoms with Gasteiger partial charge in [0.15, 0.2) is 0 Å². The van der Waals surface area contributed by atoms with E-state index in [9.17, 15) is 9.90 Å². The Balaban J connectivity index is 2.12. The molecule has 1 aromatic carbocycles. The van der Waals surface area contributed by atoms with E-state index >= 15 is 0 Å². The average Bonchev–Trinajstić information content (AvgIpc) is 2.85. The SMILES string of the molecule is CC1CCSC1C(=O)NC(CO)c1cccc(Cl)c1Cl. The molecule has 1 aliphatic heterocycles. The Morgan fingerprint density at radius 1 is 1.55 bits per heavy atom. The summed E-state index contributed by atoms with van der Waals surface area (Å²) in [7, 11) is 0. The zero-order valence-corrected chi connectivity index (χ0v) is 13.4. The molecule has 2 N–H and O–H groups in total. The number of nitrogens with one attached hydrogen (secondary N) is 1. The van der Waals surface area contributed by atoms with Crippen LogP contribution in [0.1, 0.15) is 24.9 Å². The lowest BCUT2D eigenvalue weighted by atomic mass is 10.0. The van der Waals surface area contributed by atoms with Gasteiger partial charge in [0.25, 0.3) is 0 Å². The van der Waals surface area contributed by atoms with E-state index < -0.39 is 6.04 Å². The molecule has 1 heterocycles. The van der Waals surface area contributed by atoms with Gasteiger partial charge < -0.3 is 10.4 Å². The number of amides is 1. The van der Waals surface area contributed by atoms with Crippen LogP contribution in [0.2, 0.25) is 10.0 Å². The van der Waals surface area contributed by atoms with Crippen LogP contribution in [-0.4, -0.2) is 28.6 Å². The molecule has 0 bridgehead atoms. The predicted molar refractivity (Wildman–Crippen MR) is 84.5 cm³/mol. The Kier molecular flexibility index (Phi) is 5.61.